The largest absolute Gasteiger partial charge is 0.497 e. The Morgan fingerprint density at radius 1 is 1.06 bits per heavy atom. The number of rotatable bonds is 8. The van der Waals surface area contributed by atoms with Crippen molar-refractivity contribution in [3.8, 4) is 22.8 Å². The molecule has 10 nitrogen and oxygen atoms in total. The van der Waals surface area contributed by atoms with Crippen molar-refractivity contribution >= 4 is 23.4 Å². The minimum absolute atomic E-state index is 0.0719. The van der Waals surface area contributed by atoms with Crippen LogP contribution in [0, 0.1) is 0 Å². The molecule has 2 amide bonds. The number of anilines is 3. The van der Waals surface area contributed by atoms with E-state index in [9.17, 15) is 4.79 Å². The van der Waals surface area contributed by atoms with Crippen molar-refractivity contribution in [3.05, 3.63) is 72.7 Å². The summed E-state index contributed by atoms with van der Waals surface area (Å²) in [5.74, 6) is 1.92. The van der Waals surface area contributed by atoms with Gasteiger partial charge in [-0.1, -0.05) is 12.1 Å². The highest BCUT2D eigenvalue weighted by atomic mass is 16.5. The van der Waals surface area contributed by atoms with Gasteiger partial charge in [-0.2, -0.15) is 5.10 Å². The summed E-state index contributed by atoms with van der Waals surface area (Å²) in [5.41, 5.74) is 4.34. The van der Waals surface area contributed by atoms with Crippen molar-refractivity contribution < 1.29 is 14.3 Å². The third-order valence-electron chi connectivity index (χ3n) is 5.63. The molecule has 0 saturated carbocycles. The van der Waals surface area contributed by atoms with E-state index in [0.717, 1.165) is 39.7 Å². The molecular weight excluding hydrogens is 446 g/mol. The van der Waals surface area contributed by atoms with Gasteiger partial charge in [-0.3, -0.25) is 9.58 Å². The maximum atomic E-state index is 11.9. The standard InChI is InChI=1S/C25H25N7O3/c1-34-21-11-17(12-22(13-21)35-2)15-31-16-19(14-28-31)29-24-26-8-7-23(30-24)18-3-5-20(6-4-18)32-10-9-27-25(32)33/h3-8,11-14,16H,9-10,15H2,1-2H3,(H,27,33)(H,26,29,30). The van der Waals surface area contributed by atoms with E-state index >= 15 is 0 Å². The number of nitrogens with zero attached hydrogens (tertiary/aromatic N) is 5. The molecule has 0 radical (unpaired) electrons. The molecule has 0 spiro atoms. The fourth-order valence-corrected chi connectivity index (χ4v) is 3.90. The van der Waals surface area contributed by atoms with E-state index in [1.165, 1.54) is 0 Å². The minimum atomic E-state index is -0.0719. The summed E-state index contributed by atoms with van der Waals surface area (Å²) in [6, 6.07) is 15.3. The van der Waals surface area contributed by atoms with Crippen molar-refractivity contribution in [1.82, 2.24) is 25.1 Å². The number of amides is 2. The first-order valence-electron chi connectivity index (χ1n) is 11.1. The number of ether oxygens (including phenoxy) is 2. The maximum Gasteiger partial charge on any atom is 0.321 e. The van der Waals surface area contributed by atoms with Crippen LogP contribution in [0.25, 0.3) is 11.3 Å². The lowest BCUT2D eigenvalue weighted by molar-refractivity contribution is 0.252. The molecule has 0 aliphatic carbocycles. The van der Waals surface area contributed by atoms with E-state index in [4.69, 9.17) is 9.47 Å². The van der Waals surface area contributed by atoms with Crippen molar-refractivity contribution in [2.45, 2.75) is 6.54 Å². The quantitative estimate of drug-likeness (QED) is 0.404. The number of urea groups is 1. The molecule has 1 fully saturated rings. The van der Waals surface area contributed by atoms with Crippen molar-refractivity contribution in [1.29, 1.82) is 0 Å². The van der Waals surface area contributed by atoms with Crippen LogP contribution in [0.2, 0.25) is 0 Å². The molecule has 10 heteroatoms. The first-order valence-corrected chi connectivity index (χ1v) is 11.1. The second-order valence-electron chi connectivity index (χ2n) is 7.97. The highest BCUT2D eigenvalue weighted by Crippen LogP contribution is 2.25. The smallest absolute Gasteiger partial charge is 0.321 e. The molecule has 178 valence electrons. The average Bonchev–Trinajstić information content (AvgIpc) is 3.52. The van der Waals surface area contributed by atoms with Gasteiger partial charge in [0.05, 0.1) is 38.3 Å². The number of hydrogen-bond acceptors (Lipinski definition) is 7. The van der Waals surface area contributed by atoms with E-state index in [2.05, 4.69) is 25.7 Å². The van der Waals surface area contributed by atoms with Crippen LogP contribution in [0.3, 0.4) is 0 Å². The number of nitrogens with one attached hydrogen (secondary N) is 2. The van der Waals surface area contributed by atoms with Gasteiger partial charge in [0, 0.05) is 42.8 Å². The number of methoxy groups -OCH3 is 2. The van der Waals surface area contributed by atoms with Gasteiger partial charge in [0.1, 0.15) is 11.5 Å². The van der Waals surface area contributed by atoms with Crippen molar-refractivity contribution in [2.24, 2.45) is 0 Å². The topological polar surface area (TPSA) is 106 Å². The number of carbonyl (C=O) groups excluding carboxylic acids is 1. The summed E-state index contributed by atoms with van der Waals surface area (Å²) >= 11 is 0. The van der Waals surface area contributed by atoms with Gasteiger partial charge in [-0.15, -0.1) is 0 Å². The average molecular weight is 472 g/mol. The Labute approximate surface area is 202 Å². The van der Waals surface area contributed by atoms with E-state index in [-0.39, 0.29) is 6.03 Å². The molecule has 1 aliphatic rings. The molecular formula is C25H25N7O3. The van der Waals surface area contributed by atoms with Gasteiger partial charge >= 0.3 is 6.03 Å². The van der Waals surface area contributed by atoms with E-state index in [1.54, 1.807) is 31.5 Å². The molecule has 2 N–H and O–H groups in total. The second-order valence-corrected chi connectivity index (χ2v) is 7.97. The van der Waals surface area contributed by atoms with Crippen LogP contribution in [0.1, 0.15) is 5.56 Å². The molecule has 2 aromatic heterocycles. The SMILES string of the molecule is COc1cc(Cn2cc(Nc3nccc(-c4ccc(N5CCNC5=O)cc4)n3)cn2)cc(OC)c1. The van der Waals surface area contributed by atoms with Crippen LogP contribution in [-0.4, -0.2) is 53.1 Å². The summed E-state index contributed by atoms with van der Waals surface area (Å²) in [7, 11) is 3.26. The molecule has 1 saturated heterocycles. The Bertz CT molecular complexity index is 1310. The van der Waals surface area contributed by atoms with E-state index < -0.39 is 0 Å². The third-order valence-corrected chi connectivity index (χ3v) is 5.63. The lowest BCUT2D eigenvalue weighted by Crippen LogP contribution is -2.27. The van der Waals surface area contributed by atoms with Gasteiger partial charge in [-0.25, -0.2) is 14.8 Å². The van der Waals surface area contributed by atoms with Gasteiger partial charge in [0.15, 0.2) is 0 Å². The highest BCUT2D eigenvalue weighted by molar-refractivity contribution is 5.94. The normalized spacial score (nSPS) is 13.0. The molecule has 0 unspecified atom stereocenters. The lowest BCUT2D eigenvalue weighted by atomic mass is 10.1. The Morgan fingerprint density at radius 3 is 2.51 bits per heavy atom. The van der Waals surface area contributed by atoms with Crippen LogP contribution >= 0.6 is 0 Å². The summed E-state index contributed by atoms with van der Waals surface area (Å²) in [6.45, 7) is 1.88. The molecule has 3 heterocycles. The fourth-order valence-electron chi connectivity index (χ4n) is 3.90. The second kappa shape index (κ2) is 9.72. The number of aromatic nitrogens is 4. The first kappa shape index (κ1) is 22.2. The van der Waals surface area contributed by atoms with Crippen LogP contribution in [0.5, 0.6) is 11.5 Å². The van der Waals surface area contributed by atoms with Crippen LogP contribution in [0.15, 0.2) is 67.1 Å². The highest BCUT2D eigenvalue weighted by Gasteiger charge is 2.20. The lowest BCUT2D eigenvalue weighted by Gasteiger charge is -2.14. The summed E-state index contributed by atoms with van der Waals surface area (Å²) < 4.78 is 12.5. The Hall–Kier alpha value is -4.60. The first-order chi connectivity index (χ1) is 17.1. The molecule has 0 atom stereocenters. The van der Waals surface area contributed by atoms with Gasteiger partial charge in [-0.05, 0) is 35.9 Å². The molecule has 35 heavy (non-hydrogen) atoms. The Balaban J connectivity index is 1.28. The van der Waals surface area contributed by atoms with E-state index in [0.29, 0.717) is 25.6 Å². The number of hydrogen-bond donors (Lipinski definition) is 2. The van der Waals surface area contributed by atoms with Crippen molar-refractivity contribution in [3.63, 3.8) is 0 Å². The number of carbonyl (C=O) groups is 1. The Kier molecular flexibility index (Phi) is 6.16. The summed E-state index contributed by atoms with van der Waals surface area (Å²) in [4.78, 5) is 22.6. The predicted molar refractivity (Wildman–Crippen MR) is 132 cm³/mol. The van der Waals surface area contributed by atoms with Gasteiger partial charge in [0.25, 0.3) is 0 Å². The predicted octanol–water partition coefficient (Wildman–Crippen LogP) is 3.68. The minimum Gasteiger partial charge on any atom is -0.497 e. The monoisotopic (exact) mass is 471 g/mol. The van der Waals surface area contributed by atoms with Crippen molar-refractivity contribution in [2.75, 3.05) is 37.5 Å². The molecule has 4 aromatic rings. The van der Waals surface area contributed by atoms with Crippen LogP contribution in [-0.2, 0) is 6.54 Å². The third kappa shape index (κ3) is 5.01. The molecule has 1 aliphatic heterocycles. The number of benzene rings is 2. The zero-order valence-electron chi connectivity index (χ0n) is 19.4. The van der Waals surface area contributed by atoms with Gasteiger partial charge in [0.2, 0.25) is 5.95 Å². The van der Waals surface area contributed by atoms with E-state index in [1.807, 2.05) is 59.4 Å². The zero-order chi connectivity index (χ0) is 24.2. The van der Waals surface area contributed by atoms with Crippen LogP contribution in [0.4, 0.5) is 22.1 Å². The van der Waals surface area contributed by atoms with Gasteiger partial charge < -0.3 is 20.1 Å². The molecule has 2 aromatic carbocycles. The Morgan fingerprint density at radius 2 is 1.83 bits per heavy atom. The van der Waals surface area contributed by atoms with Crippen LogP contribution < -0.4 is 25.0 Å². The zero-order valence-corrected chi connectivity index (χ0v) is 19.4. The summed E-state index contributed by atoms with van der Waals surface area (Å²) in [6.07, 6.45) is 5.32. The summed E-state index contributed by atoms with van der Waals surface area (Å²) in [5, 5.41) is 10.5. The molecule has 5 rings (SSSR count). The fraction of sp³-hybridized carbons (Fsp3) is 0.200. The maximum absolute atomic E-state index is 11.9. The molecule has 0 bridgehead atoms.